The number of hydrogen-bond donors (Lipinski definition) is 3. The highest BCUT2D eigenvalue weighted by Crippen LogP contribution is 2.15. The molecule has 0 amide bonds. The Labute approximate surface area is 181 Å². The zero-order valence-electron chi connectivity index (χ0n) is 15.4. The average molecular weight is 495 g/mol. The van der Waals surface area contributed by atoms with Gasteiger partial charge >= 0.3 is 0 Å². The van der Waals surface area contributed by atoms with Crippen molar-refractivity contribution in [3.05, 3.63) is 60.4 Å². The normalized spacial score (nSPS) is 11.2. The van der Waals surface area contributed by atoms with Gasteiger partial charge in [-0.05, 0) is 30.7 Å². The predicted molar refractivity (Wildman–Crippen MR) is 126 cm³/mol. The number of aromatic nitrogens is 2. The number of thioether (sulfide) groups is 1. The Kier molecular flexibility index (Phi) is 9.47. The molecule has 0 fully saturated rings. The second kappa shape index (κ2) is 11.9. The zero-order chi connectivity index (χ0) is 18.0. The Hall–Kier alpha value is -1.74. The van der Waals surface area contributed by atoms with Gasteiger partial charge in [0.2, 0.25) is 0 Å². The van der Waals surface area contributed by atoms with Crippen LogP contribution in [0, 0.1) is 0 Å². The van der Waals surface area contributed by atoms with Crippen LogP contribution < -0.4 is 10.6 Å². The fourth-order valence-corrected chi connectivity index (χ4v) is 3.45. The number of nitrogens with one attached hydrogen (secondary N) is 3. The van der Waals surface area contributed by atoms with Gasteiger partial charge in [0, 0.05) is 37.2 Å². The SMILES string of the molecule is CN=C(NCCCc1nc2ccccc2[nH]1)NCCSc1ccccc1.I. The molecule has 5 nitrogen and oxygen atoms in total. The predicted octanol–water partition coefficient (Wildman–Crippen LogP) is 4.07. The molecule has 0 spiro atoms. The van der Waals surface area contributed by atoms with Crippen molar-refractivity contribution in [1.29, 1.82) is 0 Å². The highest BCUT2D eigenvalue weighted by Gasteiger charge is 2.02. The Bertz CT molecular complexity index is 802. The zero-order valence-corrected chi connectivity index (χ0v) is 18.6. The quantitative estimate of drug-likeness (QED) is 0.145. The maximum absolute atomic E-state index is 4.61. The van der Waals surface area contributed by atoms with Gasteiger partial charge in [-0.15, -0.1) is 35.7 Å². The standard InChI is InChI=1S/C20H25N5S.HI/c1-21-20(23-14-15-26-16-8-3-2-4-9-16)22-13-7-12-19-24-17-10-5-6-11-18(17)25-19;/h2-6,8-11H,7,12-15H2,1H3,(H,24,25)(H2,21,22,23);1H. The lowest BCUT2D eigenvalue weighted by Crippen LogP contribution is -2.38. The maximum Gasteiger partial charge on any atom is 0.191 e. The van der Waals surface area contributed by atoms with Crippen molar-refractivity contribution in [2.75, 3.05) is 25.9 Å². The van der Waals surface area contributed by atoms with Crippen LogP contribution in [0.5, 0.6) is 0 Å². The van der Waals surface area contributed by atoms with Gasteiger partial charge in [0.1, 0.15) is 5.82 Å². The third-order valence-electron chi connectivity index (χ3n) is 3.95. The van der Waals surface area contributed by atoms with Crippen LogP contribution in [0.15, 0.2) is 64.5 Å². The number of nitrogens with zero attached hydrogens (tertiary/aromatic N) is 2. The molecule has 0 radical (unpaired) electrons. The summed E-state index contributed by atoms with van der Waals surface area (Å²) < 4.78 is 0. The molecule has 0 unspecified atom stereocenters. The van der Waals surface area contributed by atoms with Crippen LogP contribution in [-0.2, 0) is 6.42 Å². The fourth-order valence-electron chi connectivity index (χ4n) is 2.66. The van der Waals surface area contributed by atoms with Crippen LogP contribution in [0.1, 0.15) is 12.2 Å². The van der Waals surface area contributed by atoms with E-state index in [9.17, 15) is 0 Å². The van der Waals surface area contributed by atoms with Crippen LogP contribution in [0.2, 0.25) is 0 Å². The highest BCUT2D eigenvalue weighted by atomic mass is 127. The molecular weight excluding hydrogens is 469 g/mol. The molecular formula is C20H26IN5S. The van der Waals surface area contributed by atoms with Gasteiger partial charge in [-0.2, -0.15) is 0 Å². The summed E-state index contributed by atoms with van der Waals surface area (Å²) in [5, 5.41) is 6.71. The summed E-state index contributed by atoms with van der Waals surface area (Å²) >= 11 is 1.84. The summed E-state index contributed by atoms with van der Waals surface area (Å²) in [6.45, 7) is 1.74. The second-order valence-corrected chi connectivity index (χ2v) is 7.06. The summed E-state index contributed by atoms with van der Waals surface area (Å²) in [4.78, 5) is 13.5. The summed E-state index contributed by atoms with van der Waals surface area (Å²) in [5.41, 5.74) is 2.13. The van der Waals surface area contributed by atoms with Crippen molar-refractivity contribution in [2.45, 2.75) is 17.7 Å². The van der Waals surface area contributed by atoms with Gasteiger partial charge in [0.25, 0.3) is 0 Å². The van der Waals surface area contributed by atoms with Gasteiger partial charge in [0.05, 0.1) is 11.0 Å². The summed E-state index contributed by atoms with van der Waals surface area (Å²) in [7, 11) is 1.80. The highest BCUT2D eigenvalue weighted by molar-refractivity contribution is 14.0. The monoisotopic (exact) mass is 495 g/mol. The van der Waals surface area contributed by atoms with Gasteiger partial charge in [0.15, 0.2) is 5.96 Å². The Morgan fingerprint density at radius 1 is 1.04 bits per heavy atom. The van der Waals surface area contributed by atoms with E-state index in [1.807, 2.05) is 36.0 Å². The molecule has 144 valence electrons. The van der Waals surface area contributed by atoms with Gasteiger partial charge in [-0.25, -0.2) is 4.98 Å². The molecule has 0 atom stereocenters. The summed E-state index contributed by atoms with van der Waals surface area (Å²) in [6.07, 6.45) is 1.92. The van der Waals surface area contributed by atoms with Gasteiger partial charge in [-0.3, -0.25) is 4.99 Å². The van der Waals surface area contributed by atoms with Crippen molar-refractivity contribution in [3.63, 3.8) is 0 Å². The number of hydrogen-bond acceptors (Lipinski definition) is 3. The lowest BCUT2D eigenvalue weighted by molar-refractivity contribution is 0.731. The van der Waals surface area contributed by atoms with E-state index < -0.39 is 0 Å². The van der Waals surface area contributed by atoms with Crippen LogP contribution >= 0.6 is 35.7 Å². The molecule has 0 aliphatic carbocycles. The molecule has 1 aromatic heterocycles. The molecule has 3 aromatic rings. The third kappa shape index (κ3) is 7.06. The van der Waals surface area contributed by atoms with Crippen LogP contribution in [0.25, 0.3) is 11.0 Å². The number of aliphatic imine (C=N–C) groups is 1. The molecule has 0 bridgehead atoms. The smallest absolute Gasteiger partial charge is 0.191 e. The van der Waals surface area contributed by atoms with Gasteiger partial charge < -0.3 is 15.6 Å². The molecule has 1 heterocycles. The molecule has 7 heteroatoms. The Morgan fingerprint density at radius 3 is 2.56 bits per heavy atom. The molecule has 3 rings (SSSR count). The van der Waals surface area contributed by atoms with E-state index in [-0.39, 0.29) is 24.0 Å². The molecule has 3 N–H and O–H groups in total. The van der Waals surface area contributed by atoms with E-state index in [2.05, 4.69) is 55.9 Å². The largest absolute Gasteiger partial charge is 0.356 e. The number of rotatable bonds is 8. The number of aromatic amines is 1. The lowest BCUT2D eigenvalue weighted by Gasteiger charge is -2.11. The Morgan fingerprint density at radius 2 is 1.78 bits per heavy atom. The summed E-state index contributed by atoms with van der Waals surface area (Å²) in [5.74, 6) is 2.89. The molecule has 0 saturated heterocycles. The van der Waals surface area contributed by atoms with E-state index >= 15 is 0 Å². The molecule has 0 aliphatic heterocycles. The first-order chi connectivity index (χ1) is 12.8. The Balaban J connectivity index is 0.00000261. The molecule has 0 aliphatic rings. The topological polar surface area (TPSA) is 65.1 Å². The number of halogens is 1. The third-order valence-corrected chi connectivity index (χ3v) is 4.97. The van der Waals surface area contributed by atoms with Crippen molar-refractivity contribution in [3.8, 4) is 0 Å². The van der Waals surface area contributed by atoms with E-state index in [0.717, 1.165) is 54.5 Å². The number of fused-ring (bicyclic) bond motifs is 1. The number of aryl methyl sites for hydroxylation is 1. The van der Waals surface area contributed by atoms with Crippen LogP contribution in [0.3, 0.4) is 0 Å². The number of H-pyrrole nitrogens is 1. The van der Waals surface area contributed by atoms with Crippen LogP contribution in [0.4, 0.5) is 0 Å². The average Bonchev–Trinajstić information content (AvgIpc) is 3.10. The minimum absolute atomic E-state index is 0. The van der Waals surface area contributed by atoms with E-state index in [4.69, 9.17) is 0 Å². The summed E-state index contributed by atoms with van der Waals surface area (Å²) in [6, 6.07) is 18.6. The number of benzene rings is 2. The first kappa shape index (κ1) is 21.6. The number of guanidine groups is 1. The lowest BCUT2D eigenvalue weighted by atomic mass is 10.3. The number of imidazole rings is 1. The molecule has 2 aromatic carbocycles. The fraction of sp³-hybridized carbons (Fsp3) is 0.300. The van der Waals surface area contributed by atoms with Crippen LogP contribution in [-0.4, -0.2) is 41.8 Å². The van der Waals surface area contributed by atoms with E-state index in [1.54, 1.807) is 7.05 Å². The minimum Gasteiger partial charge on any atom is -0.356 e. The first-order valence-electron chi connectivity index (χ1n) is 8.91. The van der Waals surface area contributed by atoms with Crippen molar-refractivity contribution in [2.24, 2.45) is 4.99 Å². The van der Waals surface area contributed by atoms with Crippen molar-refractivity contribution >= 4 is 52.7 Å². The molecule has 0 saturated carbocycles. The first-order valence-corrected chi connectivity index (χ1v) is 9.90. The van der Waals surface area contributed by atoms with Crippen molar-refractivity contribution in [1.82, 2.24) is 20.6 Å². The number of para-hydroxylation sites is 2. The second-order valence-electron chi connectivity index (χ2n) is 5.89. The minimum atomic E-state index is 0. The van der Waals surface area contributed by atoms with E-state index in [0.29, 0.717) is 0 Å². The molecule has 27 heavy (non-hydrogen) atoms. The van der Waals surface area contributed by atoms with E-state index in [1.165, 1.54) is 4.90 Å². The van der Waals surface area contributed by atoms with Crippen molar-refractivity contribution < 1.29 is 0 Å². The van der Waals surface area contributed by atoms with Gasteiger partial charge in [-0.1, -0.05) is 30.3 Å². The maximum atomic E-state index is 4.61.